The minimum Gasteiger partial charge on any atom is -0.383 e. The Morgan fingerprint density at radius 3 is 2.54 bits per heavy atom. The molecule has 0 bridgehead atoms. The molecule has 0 aliphatic rings. The van der Waals surface area contributed by atoms with E-state index in [2.05, 4.69) is 5.16 Å². The average molecular weight is 363 g/mol. The maximum absolute atomic E-state index is 13.9. The van der Waals surface area contributed by atoms with Crippen molar-refractivity contribution >= 4 is 23.0 Å². The third-order valence-corrected chi connectivity index (χ3v) is 3.20. The van der Waals surface area contributed by atoms with E-state index in [1.165, 1.54) is 31.1 Å². The summed E-state index contributed by atoms with van der Waals surface area (Å²) in [5, 5.41) is 3.53. The molecule has 24 heavy (non-hydrogen) atoms. The van der Waals surface area contributed by atoms with Crippen LogP contribution in [-0.2, 0) is 4.79 Å². The molecule has 0 aliphatic carbocycles. The number of benzene rings is 1. The Morgan fingerprint density at radius 2 is 2.00 bits per heavy atom. The number of ketones is 1. The van der Waals surface area contributed by atoms with Gasteiger partial charge in [0.2, 0.25) is 0 Å². The summed E-state index contributed by atoms with van der Waals surface area (Å²) in [6.07, 6.45) is -4.15. The first-order chi connectivity index (χ1) is 11.1. The lowest BCUT2D eigenvalue weighted by Crippen LogP contribution is -2.24. The van der Waals surface area contributed by atoms with E-state index in [1.54, 1.807) is 0 Å². The molecule has 0 radical (unpaired) electrons. The van der Waals surface area contributed by atoms with Crippen molar-refractivity contribution in [3.05, 3.63) is 47.1 Å². The van der Waals surface area contributed by atoms with Crippen LogP contribution in [0.15, 0.2) is 35.0 Å². The van der Waals surface area contributed by atoms with Crippen LogP contribution in [-0.4, -0.2) is 36.1 Å². The summed E-state index contributed by atoms with van der Waals surface area (Å²) < 4.78 is 56.9. The second-order valence-corrected chi connectivity index (χ2v) is 5.41. The molecule has 9 heteroatoms. The maximum atomic E-state index is 13.9. The highest BCUT2D eigenvalue weighted by Crippen LogP contribution is 2.33. The van der Waals surface area contributed by atoms with Crippen LogP contribution in [0, 0.1) is 5.82 Å². The second kappa shape index (κ2) is 6.64. The van der Waals surface area contributed by atoms with E-state index >= 15 is 0 Å². The number of hydrogen-bond acceptors (Lipinski definition) is 4. The number of hydrogen-bond donors (Lipinski definition) is 0. The van der Waals surface area contributed by atoms with Crippen molar-refractivity contribution in [3.8, 4) is 11.3 Å². The summed E-state index contributed by atoms with van der Waals surface area (Å²) in [4.78, 5) is 12.8. The van der Waals surface area contributed by atoms with Crippen molar-refractivity contribution < 1.29 is 26.9 Å². The van der Waals surface area contributed by atoms with Gasteiger partial charge in [0.15, 0.2) is 5.76 Å². The molecule has 0 amide bonds. The normalized spacial score (nSPS) is 12.4. The Hall–Kier alpha value is -2.35. The summed E-state index contributed by atoms with van der Waals surface area (Å²) >= 11 is 5.88. The number of aromatic nitrogens is 1. The van der Waals surface area contributed by atoms with Crippen molar-refractivity contribution in [1.29, 1.82) is 0 Å². The first kappa shape index (κ1) is 18.0. The number of nitrogens with zero attached hydrogens (tertiary/aromatic N) is 2. The van der Waals surface area contributed by atoms with Gasteiger partial charge in [-0.2, -0.15) is 13.2 Å². The van der Waals surface area contributed by atoms with Gasteiger partial charge in [-0.3, -0.25) is 4.79 Å². The monoisotopic (exact) mass is 362 g/mol. The molecule has 2 aromatic rings. The van der Waals surface area contributed by atoms with E-state index in [4.69, 9.17) is 16.1 Å². The van der Waals surface area contributed by atoms with Crippen LogP contribution in [0.1, 0.15) is 5.76 Å². The lowest BCUT2D eigenvalue weighted by Gasteiger charge is -2.10. The van der Waals surface area contributed by atoms with Crippen LogP contribution in [0.25, 0.3) is 16.8 Å². The van der Waals surface area contributed by atoms with Crippen molar-refractivity contribution in [2.45, 2.75) is 6.18 Å². The van der Waals surface area contributed by atoms with Gasteiger partial charge in [0.1, 0.15) is 11.5 Å². The van der Waals surface area contributed by atoms with E-state index in [1.807, 2.05) is 0 Å². The minimum absolute atomic E-state index is 0.00939. The van der Waals surface area contributed by atoms with Crippen LogP contribution < -0.4 is 0 Å². The predicted molar refractivity (Wildman–Crippen MR) is 79.6 cm³/mol. The first-order valence-electron chi connectivity index (χ1n) is 6.52. The molecular weight excluding hydrogens is 352 g/mol. The van der Waals surface area contributed by atoms with Gasteiger partial charge >= 0.3 is 6.18 Å². The number of Topliss-reactive ketones (excluding diaryl/α,β-unsaturated/α-hetero) is 1. The molecule has 0 atom stereocenters. The Balaban J connectivity index is 2.52. The van der Waals surface area contributed by atoms with Gasteiger partial charge in [-0.25, -0.2) is 4.39 Å². The highest BCUT2D eigenvalue weighted by Gasteiger charge is 2.42. The van der Waals surface area contributed by atoms with Crippen molar-refractivity contribution in [2.75, 3.05) is 14.1 Å². The Bertz CT molecular complexity index is 777. The van der Waals surface area contributed by atoms with Gasteiger partial charge in [-0.15, -0.1) is 0 Å². The largest absolute Gasteiger partial charge is 0.455 e. The SMILES string of the molecule is CN(C)C=C(C(=O)C(F)(F)F)c1cc(-c2c(F)cccc2Cl)no1. The number of halogens is 5. The molecule has 1 heterocycles. The number of carbonyl (C=O) groups is 1. The topological polar surface area (TPSA) is 46.3 Å². The summed E-state index contributed by atoms with van der Waals surface area (Å²) in [5.74, 6) is -3.26. The molecular formula is C15H11ClF4N2O2. The lowest BCUT2D eigenvalue weighted by molar-refractivity contribution is -0.164. The third-order valence-electron chi connectivity index (χ3n) is 2.88. The highest BCUT2D eigenvalue weighted by atomic mass is 35.5. The zero-order valence-electron chi connectivity index (χ0n) is 12.5. The summed E-state index contributed by atoms with van der Waals surface area (Å²) in [7, 11) is 2.88. The van der Waals surface area contributed by atoms with E-state index < -0.39 is 29.1 Å². The second-order valence-electron chi connectivity index (χ2n) is 5.01. The van der Waals surface area contributed by atoms with E-state index in [-0.39, 0.29) is 16.3 Å². The van der Waals surface area contributed by atoms with E-state index in [0.29, 0.717) is 0 Å². The average Bonchev–Trinajstić information content (AvgIpc) is 2.92. The third kappa shape index (κ3) is 3.76. The number of alkyl halides is 3. The lowest BCUT2D eigenvalue weighted by atomic mass is 10.1. The standard InChI is InChI=1S/C15H11ClF4N2O2/c1-22(2)7-8(14(23)15(18,19)20)12-6-11(21-24-12)13-9(16)4-3-5-10(13)17/h3-7H,1-2H3. The first-order valence-corrected chi connectivity index (χ1v) is 6.90. The van der Waals surface area contributed by atoms with Gasteiger partial charge in [-0.05, 0) is 12.1 Å². The Labute approximate surface area is 139 Å². The predicted octanol–water partition coefficient (Wildman–Crippen LogP) is 4.17. The molecule has 0 saturated carbocycles. The molecule has 1 aromatic carbocycles. The molecule has 0 saturated heterocycles. The quantitative estimate of drug-likeness (QED) is 0.605. The van der Waals surface area contributed by atoms with Crippen LogP contribution in [0.4, 0.5) is 17.6 Å². The van der Waals surface area contributed by atoms with Crippen molar-refractivity contribution in [3.63, 3.8) is 0 Å². The highest BCUT2D eigenvalue weighted by molar-refractivity contribution is 6.33. The van der Waals surface area contributed by atoms with E-state index in [9.17, 15) is 22.4 Å². The maximum Gasteiger partial charge on any atom is 0.455 e. The number of allylic oxidation sites excluding steroid dienone is 1. The van der Waals surface area contributed by atoms with Crippen LogP contribution in [0.5, 0.6) is 0 Å². The van der Waals surface area contributed by atoms with Crippen LogP contribution in [0.3, 0.4) is 0 Å². The fraction of sp³-hybridized carbons (Fsp3) is 0.200. The molecule has 2 rings (SSSR count). The van der Waals surface area contributed by atoms with Crippen LogP contribution >= 0.6 is 11.6 Å². The van der Waals surface area contributed by atoms with Gasteiger partial charge < -0.3 is 9.42 Å². The Kier molecular flexibility index (Phi) is 4.98. The number of carbonyl (C=O) groups excluding carboxylic acids is 1. The minimum atomic E-state index is -5.09. The zero-order chi connectivity index (χ0) is 18.1. The Morgan fingerprint density at radius 1 is 1.33 bits per heavy atom. The molecule has 0 spiro atoms. The van der Waals surface area contributed by atoms with Gasteiger partial charge in [-0.1, -0.05) is 22.8 Å². The molecule has 128 valence electrons. The molecule has 4 nitrogen and oxygen atoms in total. The van der Waals surface area contributed by atoms with E-state index in [0.717, 1.165) is 18.3 Å². The fourth-order valence-electron chi connectivity index (χ4n) is 1.91. The number of rotatable bonds is 4. The summed E-state index contributed by atoms with van der Waals surface area (Å²) in [5.41, 5.74) is -0.996. The molecule has 0 fully saturated rings. The van der Waals surface area contributed by atoms with Gasteiger partial charge in [0.05, 0.1) is 16.2 Å². The van der Waals surface area contributed by atoms with Gasteiger partial charge in [0.25, 0.3) is 5.78 Å². The molecule has 0 aliphatic heterocycles. The van der Waals surface area contributed by atoms with Gasteiger partial charge in [0, 0.05) is 26.4 Å². The fourth-order valence-corrected chi connectivity index (χ4v) is 2.17. The van der Waals surface area contributed by atoms with Crippen molar-refractivity contribution in [2.24, 2.45) is 0 Å². The molecule has 0 N–H and O–H groups in total. The van der Waals surface area contributed by atoms with Crippen LogP contribution in [0.2, 0.25) is 5.02 Å². The summed E-state index contributed by atoms with van der Waals surface area (Å²) in [6.45, 7) is 0. The van der Waals surface area contributed by atoms with Crippen molar-refractivity contribution in [1.82, 2.24) is 10.1 Å². The smallest absolute Gasteiger partial charge is 0.383 e. The summed E-state index contributed by atoms with van der Waals surface area (Å²) in [6, 6.07) is 4.91. The molecule has 1 aromatic heterocycles. The molecule has 0 unspecified atom stereocenters. The zero-order valence-corrected chi connectivity index (χ0v) is 13.2.